The largest absolute Gasteiger partial charge is 0.497 e. The normalized spacial score (nSPS) is 12.4. The molecule has 114 valence electrons. The Morgan fingerprint density at radius 2 is 1.90 bits per heavy atom. The Bertz CT molecular complexity index is 589. The number of halogens is 2. The molecule has 0 bridgehead atoms. The van der Waals surface area contributed by atoms with E-state index in [1.54, 1.807) is 0 Å². The third kappa shape index (κ3) is 3.41. The molecule has 1 aromatic carbocycles. The lowest BCUT2D eigenvalue weighted by atomic mass is 9.97. The first-order valence-corrected chi connectivity index (χ1v) is 7.81. The van der Waals surface area contributed by atoms with E-state index in [1.807, 2.05) is 24.6 Å². The minimum absolute atomic E-state index is 0.0470. The quantitative estimate of drug-likeness (QED) is 0.852. The molecule has 0 aliphatic rings. The van der Waals surface area contributed by atoms with E-state index in [1.165, 1.54) is 30.6 Å². The fourth-order valence-electron chi connectivity index (χ4n) is 2.28. The van der Waals surface area contributed by atoms with Crippen molar-refractivity contribution in [2.75, 3.05) is 13.7 Å². The van der Waals surface area contributed by atoms with Crippen LogP contribution < -0.4 is 10.1 Å². The van der Waals surface area contributed by atoms with Crippen LogP contribution in [0.2, 0.25) is 0 Å². The van der Waals surface area contributed by atoms with Crippen LogP contribution in [-0.2, 0) is 0 Å². The van der Waals surface area contributed by atoms with E-state index < -0.39 is 17.7 Å². The van der Waals surface area contributed by atoms with E-state index in [-0.39, 0.29) is 11.3 Å². The van der Waals surface area contributed by atoms with E-state index >= 15 is 0 Å². The average Bonchev–Trinajstić information content (AvgIpc) is 2.87. The highest BCUT2D eigenvalue weighted by Gasteiger charge is 2.24. The van der Waals surface area contributed by atoms with E-state index in [0.717, 1.165) is 17.5 Å². The highest BCUT2D eigenvalue weighted by Crippen LogP contribution is 2.32. The Balaban J connectivity index is 2.49. The maximum atomic E-state index is 14.3. The lowest BCUT2D eigenvalue weighted by Gasteiger charge is -2.21. The van der Waals surface area contributed by atoms with Crippen LogP contribution in [0.1, 0.15) is 36.1 Å². The molecule has 21 heavy (non-hydrogen) atoms. The van der Waals surface area contributed by atoms with Gasteiger partial charge >= 0.3 is 0 Å². The molecular formula is C16H19F2NOS. The Morgan fingerprint density at radius 1 is 1.24 bits per heavy atom. The number of ether oxygens (including phenoxy) is 1. The molecule has 1 N–H and O–H groups in total. The third-order valence-corrected chi connectivity index (χ3v) is 4.26. The molecule has 0 fully saturated rings. The monoisotopic (exact) mass is 311 g/mol. The van der Waals surface area contributed by atoms with Crippen molar-refractivity contribution >= 4 is 11.3 Å². The molecule has 0 radical (unpaired) electrons. The highest BCUT2D eigenvalue weighted by molar-refractivity contribution is 7.08. The standard InChI is InChI=1S/C16H19F2NOS/c1-4-5-19-16(12-9-21-8-10(12)2)15-13(17)6-11(20-3)7-14(15)18/h6-9,16,19H,4-5H2,1-3H3. The van der Waals surface area contributed by atoms with Crippen LogP contribution >= 0.6 is 11.3 Å². The first kappa shape index (κ1) is 15.9. The second-order valence-electron chi connectivity index (χ2n) is 4.90. The molecule has 0 aliphatic heterocycles. The number of hydrogen-bond acceptors (Lipinski definition) is 3. The van der Waals surface area contributed by atoms with Crippen molar-refractivity contribution in [2.24, 2.45) is 0 Å². The van der Waals surface area contributed by atoms with Crippen molar-refractivity contribution in [3.8, 4) is 5.75 Å². The Hall–Kier alpha value is -1.46. The minimum atomic E-state index is -0.592. The van der Waals surface area contributed by atoms with Gasteiger partial charge in [-0.05, 0) is 41.8 Å². The van der Waals surface area contributed by atoms with Gasteiger partial charge in [-0.3, -0.25) is 0 Å². The van der Waals surface area contributed by atoms with Gasteiger partial charge < -0.3 is 10.1 Å². The van der Waals surface area contributed by atoms with Crippen LogP contribution in [0, 0.1) is 18.6 Å². The Kier molecular flexibility index (Phi) is 5.31. The molecule has 2 rings (SSSR count). The van der Waals surface area contributed by atoms with Crippen LogP contribution in [0.3, 0.4) is 0 Å². The van der Waals surface area contributed by atoms with Crippen molar-refractivity contribution in [1.29, 1.82) is 0 Å². The molecule has 1 atom stereocenters. The van der Waals surface area contributed by atoms with Crippen molar-refractivity contribution < 1.29 is 13.5 Å². The van der Waals surface area contributed by atoms with Gasteiger partial charge in [-0.1, -0.05) is 6.92 Å². The van der Waals surface area contributed by atoms with E-state index in [0.29, 0.717) is 6.54 Å². The van der Waals surface area contributed by atoms with Gasteiger partial charge in [-0.2, -0.15) is 11.3 Å². The van der Waals surface area contributed by atoms with Gasteiger partial charge in [0.05, 0.1) is 13.2 Å². The molecule has 0 aliphatic carbocycles. The molecule has 2 nitrogen and oxygen atoms in total. The van der Waals surface area contributed by atoms with Crippen LogP contribution in [0.5, 0.6) is 5.75 Å². The maximum Gasteiger partial charge on any atom is 0.134 e. The summed E-state index contributed by atoms with van der Waals surface area (Å²) < 4.78 is 33.6. The van der Waals surface area contributed by atoms with E-state index in [9.17, 15) is 8.78 Å². The number of rotatable bonds is 6. The van der Waals surface area contributed by atoms with Gasteiger partial charge in [-0.15, -0.1) is 0 Å². The zero-order chi connectivity index (χ0) is 15.4. The van der Waals surface area contributed by atoms with Crippen molar-refractivity contribution in [1.82, 2.24) is 5.32 Å². The number of thiophene rings is 1. The summed E-state index contributed by atoms with van der Waals surface area (Å²) in [6.45, 7) is 4.65. The maximum absolute atomic E-state index is 14.3. The van der Waals surface area contributed by atoms with Gasteiger partial charge in [0, 0.05) is 17.7 Å². The molecule has 2 aromatic rings. The smallest absolute Gasteiger partial charge is 0.134 e. The molecule has 0 spiro atoms. The average molecular weight is 311 g/mol. The molecule has 0 saturated carbocycles. The summed E-state index contributed by atoms with van der Waals surface area (Å²) in [5, 5.41) is 7.15. The molecule has 5 heteroatoms. The number of aryl methyl sites for hydroxylation is 1. The third-order valence-electron chi connectivity index (χ3n) is 3.38. The number of nitrogens with one attached hydrogen (secondary N) is 1. The lowest BCUT2D eigenvalue weighted by Crippen LogP contribution is -2.25. The molecule has 1 aromatic heterocycles. The van der Waals surface area contributed by atoms with Gasteiger partial charge in [0.15, 0.2) is 0 Å². The topological polar surface area (TPSA) is 21.3 Å². The van der Waals surface area contributed by atoms with Gasteiger partial charge in [0.2, 0.25) is 0 Å². The summed E-state index contributed by atoms with van der Waals surface area (Å²) in [5.74, 6) is -0.998. The minimum Gasteiger partial charge on any atom is -0.497 e. The van der Waals surface area contributed by atoms with Crippen molar-refractivity contribution in [2.45, 2.75) is 26.3 Å². The summed E-state index contributed by atoms with van der Waals surface area (Å²) in [6, 6.07) is 1.96. The summed E-state index contributed by atoms with van der Waals surface area (Å²) >= 11 is 1.53. The van der Waals surface area contributed by atoms with Crippen LogP contribution in [-0.4, -0.2) is 13.7 Å². The molecule has 0 saturated heterocycles. The first-order chi connectivity index (χ1) is 10.1. The fraction of sp³-hybridized carbons (Fsp3) is 0.375. The molecule has 1 unspecified atom stereocenters. The Morgan fingerprint density at radius 3 is 2.38 bits per heavy atom. The van der Waals surface area contributed by atoms with Gasteiger partial charge in [-0.25, -0.2) is 8.78 Å². The van der Waals surface area contributed by atoms with Crippen molar-refractivity contribution in [3.63, 3.8) is 0 Å². The molecule has 0 amide bonds. The SMILES string of the molecule is CCCNC(c1cscc1C)c1c(F)cc(OC)cc1F. The fourth-order valence-corrected chi connectivity index (χ4v) is 3.15. The predicted molar refractivity (Wildman–Crippen MR) is 82.1 cm³/mol. The second-order valence-corrected chi connectivity index (χ2v) is 5.65. The summed E-state index contributed by atoms with van der Waals surface area (Å²) in [5.41, 5.74) is 1.99. The molecule has 1 heterocycles. The predicted octanol–water partition coefficient (Wildman–Crippen LogP) is 4.43. The van der Waals surface area contributed by atoms with E-state index in [2.05, 4.69) is 5.32 Å². The van der Waals surface area contributed by atoms with Gasteiger partial charge in [0.1, 0.15) is 17.4 Å². The van der Waals surface area contributed by atoms with Crippen LogP contribution in [0.25, 0.3) is 0 Å². The van der Waals surface area contributed by atoms with Gasteiger partial charge in [0.25, 0.3) is 0 Å². The number of methoxy groups -OCH3 is 1. The van der Waals surface area contributed by atoms with Crippen molar-refractivity contribution in [3.05, 3.63) is 51.2 Å². The zero-order valence-corrected chi connectivity index (χ0v) is 13.2. The number of benzene rings is 1. The zero-order valence-electron chi connectivity index (χ0n) is 12.4. The summed E-state index contributed by atoms with van der Waals surface area (Å²) in [7, 11) is 1.39. The van der Waals surface area contributed by atoms with E-state index in [4.69, 9.17) is 4.74 Å². The Labute approximate surface area is 127 Å². The van der Waals surface area contributed by atoms with Crippen LogP contribution in [0.4, 0.5) is 8.78 Å². The summed E-state index contributed by atoms with van der Waals surface area (Å²) in [6.07, 6.45) is 0.888. The number of hydrogen-bond donors (Lipinski definition) is 1. The highest BCUT2D eigenvalue weighted by atomic mass is 32.1. The van der Waals surface area contributed by atoms with Crippen LogP contribution in [0.15, 0.2) is 22.9 Å². The second kappa shape index (κ2) is 7.00. The lowest BCUT2D eigenvalue weighted by molar-refractivity contribution is 0.403. The molecular weight excluding hydrogens is 292 g/mol. The summed E-state index contributed by atoms with van der Waals surface area (Å²) in [4.78, 5) is 0. The first-order valence-electron chi connectivity index (χ1n) is 6.87.